The lowest BCUT2D eigenvalue weighted by Gasteiger charge is -2.13. The monoisotopic (exact) mass is 284 g/mol. The zero-order chi connectivity index (χ0) is 14.5. The van der Waals surface area contributed by atoms with Crippen molar-refractivity contribution < 1.29 is 13.2 Å². The molecule has 0 aliphatic rings. The number of nitriles is 2. The van der Waals surface area contributed by atoms with Gasteiger partial charge in [-0.3, -0.25) is 5.43 Å². The molecule has 8 heteroatoms. The molecule has 4 nitrogen and oxygen atoms in total. The maximum absolute atomic E-state index is 12.8. The molecule has 0 atom stereocenters. The molecule has 0 saturated carbocycles. The first kappa shape index (κ1) is 14.9. The van der Waals surface area contributed by atoms with E-state index in [1.54, 1.807) is 6.26 Å². The quantitative estimate of drug-likeness (QED) is 0.525. The number of nitrogens with one attached hydrogen (secondary N) is 1. The fourth-order valence-electron chi connectivity index (χ4n) is 1.17. The largest absolute Gasteiger partial charge is 0.418 e. The Morgan fingerprint density at radius 2 is 1.95 bits per heavy atom. The second kappa shape index (κ2) is 6.12. The molecule has 0 aliphatic carbocycles. The first-order valence-corrected chi connectivity index (χ1v) is 6.04. The predicted octanol–water partition coefficient (Wildman–Crippen LogP) is 3.24. The summed E-state index contributed by atoms with van der Waals surface area (Å²) in [6.07, 6.45) is -2.90. The maximum atomic E-state index is 12.8. The molecular weight excluding hydrogens is 277 g/mol. The zero-order valence-corrected chi connectivity index (χ0v) is 10.4. The maximum Gasteiger partial charge on any atom is 0.418 e. The second-order valence-electron chi connectivity index (χ2n) is 3.21. The van der Waals surface area contributed by atoms with Crippen molar-refractivity contribution >= 4 is 23.2 Å². The third-order valence-electron chi connectivity index (χ3n) is 2.03. The van der Waals surface area contributed by atoms with E-state index in [0.29, 0.717) is 4.90 Å². The number of hydrogen-bond acceptors (Lipinski definition) is 5. The molecule has 0 aromatic heterocycles. The first-order chi connectivity index (χ1) is 8.92. The Kier molecular flexibility index (Phi) is 4.79. The topological polar surface area (TPSA) is 72.0 Å². The van der Waals surface area contributed by atoms with Gasteiger partial charge in [-0.05, 0) is 24.5 Å². The van der Waals surface area contributed by atoms with Crippen LogP contribution in [0.15, 0.2) is 28.2 Å². The summed E-state index contributed by atoms with van der Waals surface area (Å²) in [4.78, 5) is 0.447. The Hall–Kier alpha value is -2.19. The average molecular weight is 284 g/mol. The minimum Gasteiger partial charge on any atom is -0.276 e. The molecule has 1 N–H and O–H groups in total. The summed E-state index contributed by atoms with van der Waals surface area (Å²) >= 11 is 1.17. The molecule has 1 aromatic carbocycles. The molecule has 98 valence electrons. The summed E-state index contributed by atoms with van der Waals surface area (Å²) in [6, 6.07) is 6.54. The molecule has 1 aromatic rings. The fourth-order valence-corrected chi connectivity index (χ4v) is 1.61. The minimum atomic E-state index is -4.55. The molecule has 0 radical (unpaired) electrons. The van der Waals surface area contributed by atoms with Crippen LogP contribution in [0.2, 0.25) is 0 Å². The van der Waals surface area contributed by atoms with E-state index < -0.39 is 17.5 Å². The number of rotatable bonds is 3. The van der Waals surface area contributed by atoms with Gasteiger partial charge in [0.2, 0.25) is 5.71 Å². The van der Waals surface area contributed by atoms with Gasteiger partial charge in [-0.25, -0.2) is 0 Å². The molecule has 0 spiro atoms. The standard InChI is InChI=1S/C11H7F3N4S/c1-19-8-2-3-10(9(4-8)11(12,13)14)18-17-7(5-15)6-16/h2-4,18H,1H3. The van der Waals surface area contributed by atoms with Gasteiger partial charge in [0.15, 0.2) is 0 Å². The van der Waals surface area contributed by atoms with Gasteiger partial charge in [0, 0.05) is 4.90 Å². The second-order valence-corrected chi connectivity index (χ2v) is 4.08. The normalized spacial score (nSPS) is 10.2. The van der Waals surface area contributed by atoms with E-state index in [1.807, 2.05) is 0 Å². The van der Waals surface area contributed by atoms with E-state index in [0.717, 1.165) is 6.07 Å². The highest BCUT2D eigenvalue weighted by Gasteiger charge is 2.33. The van der Waals surface area contributed by atoms with E-state index in [1.165, 1.54) is 36.0 Å². The van der Waals surface area contributed by atoms with Crippen LogP contribution < -0.4 is 5.43 Å². The van der Waals surface area contributed by atoms with Gasteiger partial charge < -0.3 is 0 Å². The van der Waals surface area contributed by atoms with Crippen LogP contribution in [0.25, 0.3) is 0 Å². The number of nitrogens with zero attached hydrogens (tertiary/aromatic N) is 3. The third-order valence-corrected chi connectivity index (χ3v) is 2.76. The molecule has 0 bridgehead atoms. The lowest BCUT2D eigenvalue weighted by molar-refractivity contribution is -0.137. The van der Waals surface area contributed by atoms with Crippen molar-refractivity contribution in [1.82, 2.24) is 0 Å². The highest BCUT2D eigenvalue weighted by Crippen LogP contribution is 2.37. The van der Waals surface area contributed by atoms with Crippen LogP contribution >= 0.6 is 11.8 Å². The number of halogens is 3. The Labute approximate surface area is 111 Å². The molecule has 0 saturated heterocycles. The zero-order valence-electron chi connectivity index (χ0n) is 9.62. The van der Waals surface area contributed by atoms with Crippen LogP contribution in [0.1, 0.15) is 5.56 Å². The van der Waals surface area contributed by atoms with Crippen LogP contribution in [0.3, 0.4) is 0 Å². The Balaban J connectivity index is 3.19. The molecule has 0 heterocycles. The van der Waals surface area contributed by atoms with Crippen molar-refractivity contribution in [1.29, 1.82) is 10.5 Å². The number of thioether (sulfide) groups is 1. The summed E-state index contributed by atoms with van der Waals surface area (Å²) in [5, 5.41) is 20.2. The van der Waals surface area contributed by atoms with Crippen LogP contribution in [-0.2, 0) is 6.18 Å². The number of anilines is 1. The molecule has 0 unspecified atom stereocenters. The van der Waals surface area contributed by atoms with E-state index >= 15 is 0 Å². The lowest BCUT2D eigenvalue weighted by Crippen LogP contribution is -2.09. The Morgan fingerprint density at radius 3 is 2.42 bits per heavy atom. The van der Waals surface area contributed by atoms with Gasteiger partial charge in [0.25, 0.3) is 0 Å². The van der Waals surface area contributed by atoms with Crippen LogP contribution in [-0.4, -0.2) is 12.0 Å². The SMILES string of the molecule is CSc1ccc(NN=C(C#N)C#N)c(C(F)(F)F)c1. The summed E-state index contributed by atoms with van der Waals surface area (Å²) in [6.45, 7) is 0. The smallest absolute Gasteiger partial charge is 0.276 e. The first-order valence-electron chi connectivity index (χ1n) is 4.81. The van der Waals surface area contributed by atoms with Gasteiger partial charge in [-0.15, -0.1) is 11.8 Å². The van der Waals surface area contributed by atoms with Crippen molar-refractivity contribution in [2.24, 2.45) is 5.10 Å². The van der Waals surface area contributed by atoms with E-state index in [4.69, 9.17) is 10.5 Å². The van der Waals surface area contributed by atoms with E-state index in [-0.39, 0.29) is 5.69 Å². The number of hydrogen-bond donors (Lipinski definition) is 1. The summed E-state index contributed by atoms with van der Waals surface area (Å²) in [5.41, 5.74) is 0.317. The molecular formula is C11H7F3N4S. The van der Waals surface area contributed by atoms with Crippen molar-refractivity contribution in [3.05, 3.63) is 23.8 Å². The van der Waals surface area contributed by atoms with Gasteiger partial charge in [0.05, 0.1) is 11.3 Å². The highest BCUT2D eigenvalue weighted by molar-refractivity contribution is 7.98. The third kappa shape index (κ3) is 3.90. The fraction of sp³-hybridized carbons (Fsp3) is 0.182. The summed E-state index contributed by atoms with van der Waals surface area (Å²) in [7, 11) is 0. The summed E-state index contributed by atoms with van der Waals surface area (Å²) < 4.78 is 38.5. The lowest BCUT2D eigenvalue weighted by atomic mass is 10.2. The number of alkyl halides is 3. The van der Waals surface area contributed by atoms with Gasteiger partial charge in [-0.1, -0.05) is 0 Å². The van der Waals surface area contributed by atoms with Crippen molar-refractivity contribution in [2.75, 3.05) is 11.7 Å². The van der Waals surface area contributed by atoms with Crippen LogP contribution in [0.5, 0.6) is 0 Å². The average Bonchev–Trinajstić information content (AvgIpc) is 2.39. The predicted molar refractivity (Wildman–Crippen MR) is 65.5 cm³/mol. The molecule has 0 fully saturated rings. The van der Waals surface area contributed by atoms with Gasteiger partial charge in [0.1, 0.15) is 12.1 Å². The molecule has 0 amide bonds. The van der Waals surface area contributed by atoms with Gasteiger partial charge >= 0.3 is 6.18 Å². The Bertz CT molecular complexity index is 565. The van der Waals surface area contributed by atoms with E-state index in [2.05, 4.69) is 10.5 Å². The summed E-state index contributed by atoms with van der Waals surface area (Å²) in [5.74, 6) is 0. The molecule has 1 rings (SSSR count). The van der Waals surface area contributed by atoms with Crippen LogP contribution in [0.4, 0.5) is 18.9 Å². The van der Waals surface area contributed by atoms with Crippen LogP contribution in [0, 0.1) is 22.7 Å². The van der Waals surface area contributed by atoms with Gasteiger partial charge in [-0.2, -0.15) is 28.8 Å². The van der Waals surface area contributed by atoms with Crippen molar-refractivity contribution in [3.8, 4) is 12.1 Å². The number of hydrazone groups is 1. The highest BCUT2D eigenvalue weighted by atomic mass is 32.2. The number of benzene rings is 1. The van der Waals surface area contributed by atoms with Crippen molar-refractivity contribution in [3.63, 3.8) is 0 Å². The molecule has 19 heavy (non-hydrogen) atoms. The molecule has 0 aliphatic heterocycles. The minimum absolute atomic E-state index is 0.312. The Morgan fingerprint density at radius 1 is 1.32 bits per heavy atom. The van der Waals surface area contributed by atoms with Crippen molar-refractivity contribution in [2.45, 2.75) is 11.1 Å². The van der Waals surface area contributed by atoms with E-state index in [9.17, 15) is 13.2 Å².